The topological polar surface area (TPSA) is 63.3 Å². The second-order valence-corrected chi connectivity index (χ2v) is 6.54. The Morgan fingerprint density at radius 1 is 1.04 bits per heavy atom. The maximum atomic E-state index is 15.1. The molecule has 0 aliphatic heterocycles. The van der Waals surface area contributed by atoms with Crippen molar-refractivity contribution in [1.82, 2.24) is 0 Å². The number of alkyl halides is 3. The van der Waals surface area contributed by atoms with E-state index >= 15 is 4.39 Å². The molecule has 0 aromatic heterocycles. The second-order valence-electron chi connectivity index (χ2n) is 6.54. The Morgan fingerprint density at radius 2 is 1.61 bits per heavy atom. The van der Waals surface area contributed by atoms with E-state index in [0.717, 1.165) is 0 Å². The van der Waals surface area contributed by atoms with Gasteiger partial charge in [-0.2, -0.15) is 13.2 Å². The number of halogens is 6. The Labute approximate surface area is 156 Å². The van der Waals surface area contributed by atoms with Crippen LogP contribution >= 0.6 is 0 Å². The number of benzene rings is 2. The highest BCUT2D eigenvalue weighted by Crippen LogP contribution is 2.42. The summed E-state index contributed by atoms with van der Waals surface area (Å²) in [7, 11) is 0. The van der Waals surface area contributed by atoms with Crippen LogP contribution in [0.4, 0.5) is 26.3 Å². The van der Waals surface area contributed by atoms with Gasteiger partial charge in [-0.05, 0) is 49.1 Å². The first-order valence-corrected chi connectivity index (χ1v) is 8.10. The maximum absolute atomic E-state index is 15.1. The summed E-state index contributed by atoms with van der Waals surface area (Å²) >= 11 is 0. The molecule has 0 heterocycles. The van der Waals surface area contributed by atoms with Crippen LogP contribution < -0.4 is 5.73 Å². The Kier molecular flexibility index (Phi) is 5.79. The van der Waals surface area contributed by atoms with Gasteiger partial charge in [-0.15, -0.1) is 0 Å². The number of aliphatic carboxylic acids is 1. The zero-order valence-corrected chi connectivity index (χ0v) is 15.1. The van der Waals surface area contributed by atoms with Gasteiger partial charge in [0.1, 0.15) is 17.5 Å². The van der Waals surface area contributed by atoms with Crippen molar-refractivity contribution in [3.63, 3.8) is 0 Å². The zero-order valence-electron chi connectivity index (χ0n) is 15.1. The number of hydrogen-bond donors (Lipinski definition) is 2. The lowest BCUT2D eigenvalue weighted by atomic mass is 9.88. The monoisotopic (exact) mass is 405 g/mol. The molecule has 2 aromatic rings. The van der Waals surface area contributed by atoms with Crippen LogP contribution in [0.2, 0.25) is 0 Å². The number of carbonyl (C=O) groups is 1. The first kappa shape index (κ1) is 21.7. The minimum absolute atomic E-state index is 0.117. The summed E-state index contributed by atoms with van der Waals surface area (Å²) in [4.78, 5) is 10.8. The molecule has 2 aromatic carbocycles. The van der Waals surface area contributed by atoms with Crippen LogP contribution in [0.3, 0.4) is 0 Å². The van der Waals surface area contributed by atoms with E-state index in [2.05, 4.69) is 0 Å². The van der Waals surface area contributed by atoms with E-state index in [-0.39, 0.29) is 28.3 Å². The maximum Gasteiger partial charge on any atom is 0.419 e. The van der Waals surface area contributed by atoms with Crippen LogP contribution in [0.1, 0.15) is 40.3 Å². The van der Waals surface area contributed by atoms with Crippen LogP contribution in [0.15, 0.2) is 12.1 Å². The lowest BCUT2D eigenvalue weighted by Crippen LogP contribution is -2.21. The van der Waals surface area contributed by atoms with E-state index in [1.807, 2.05) is 0 Å². The van der Waals surface area contributed by atoms with Gasteiger partial charge < -0.3 is 10.8 Å². The number of carboxylic acid groups (broad SMARTS) is 1. The molecule has 152 valence electrons. The lowest BCUT2D eigenvalue weighted by Gasteiger charge is -2.21. The fourth-order valence-electron chi connectivity index (χ4n) is 3.24. The first-order chi connectivity index (χ1) is 12.8. The predicted molar refractivity (Wildman–Crippen MR) is 90.1 cm³/mol. The average molecular weight is 405 g/mol. The van der Waals surface area contributed by atoms with Crippen molar-refractivity contribution < 1.29 is 36.2 Å². The summed E-state index contributed by atoms with van der Waals surface area (Å²) in [5, 5.41) is 8.80. The van der Waals surface area contributed by atoms with Gasteiger partial charge in [-0.25, -0.2) is 13.2 Å². The van der Waals surface area contributed by atoms with Gasteiger partial charge >= 0.3 is 12.1 Å². The van der Waals surface area contributed by atoms with Crippen molar-refractivity contribution >= 4 is 5.97 Å². The third-order valence-electron chi connectivity index (χ3n) is 4.45. The van der Waals surface area contributed by atoms with Crippen LogP contribution in [0.25, 0.3) is 11.1 Å². The molecule has 28 heavy (non-hydrogen) atoms. The number of hydrogen-bond acceptors (Lipinski definition) is 2. The molecule has 0 bridgehead atoms. The summed E-state index contributed by atoms with van der Waals surface area (Å²) < 4.78 is 83.9. The largest absolute Gasteiger partial charge is 0.481 e. The highest BCUT2D eigenvalue weighted by Gasteiger charge is 2.39. The Balaban J connectivity index is 2.94. The van der Waals surface area contributed by atoms with E-state index in [0.29, 0.717) is 0 Å². The van der Waals surface area contributed by atoms with Crippen LogP contribution in [-0.4, -0.2) is 11.1 Å². The van der Waals surface area contributed by atoms with Crippen molar-refractivity contribution in [3.8, 4) is 11.1 Å². The van der Waals surface area contributed by atoms with Crippen molar-refractivity contribution in [3.05, 3.63) is 57.4 Å². The van der Waals surface area contributed by atoms with E-state index in [4.69, 9.17) is 10.8 Å². The molecule has 0 aliphatic rings. The minimum atomic E-state index is -5.20. The Bertz CT molecular complexity index is 953. The van der Waals surface area contributed by atoms with Crippen molar-refractivity contribution in [2.75, 3.05) is 0 Å². The van der Waals surface area contributed by atoms with Gasteiger partial charge in [0.15, 0.2) is 0 Å². The quantitative estimate of drug-likeness (QED) is 0.689. The summed E-state index contributed by atoms with van der Waals surface area (Å²) in [6.07, 6.45) is -6.19. The molecule has 0 unspecified atom stereocenters. The predicted octanol–water partition coefficient (Wildman–Crippen LogP) is 5.19. The molecule has 1 atom stereocenters. The molecule has 0 saturated heterocycles. The zero-order chi connectivity index (χ0) is 21.5. The van der Waals surface area contributed by atoms with Gasteiger partial charge in [-0.1, -0.05) is 6.07 Å². The van der Waals surface area contributed by atoms with Gasteiger partial charge in [0.25, 0.3) is 0 Å². The molecule has 3 N–H and O–H groups in total. The molecule has 9 heteroatoms. The Morgan fingerprint density at radius 3 is 2.11 bits per heavy atom. The third-order valence-corrected chi connectivity index (χ3v) is 4.45. The summed E-state index contributed by atoms with van der Waals surface area (Å²) in [6, 6.07) is -0.287. The highest BCUT2D eigenvalue weighted by atomic mass is 19.4. The SMILES string of the molecule is Cc1cc(C)c(-c2cc(C(F)(F)F)c(F)c([C@@H](N)CC(=O)O)c2F)c(C)c1F. The standard InChI is InChI=1S/C19H17F6NO2/c1-7-4-8(2)16(20)9(3)14(7)10-5-11(19(23,24)25)18(22)15(17(10)21)12(26)6-13(27)28/h4-5,12H,6,26H2,1-3H3,(H,27,28)/t12-/m0/s1. The van der Waals surface area contributed by atoms with Crippen molar-refractivity contribution in [2.24, 2.45) is 5.73 Å². The molecule has 0 fully saturated rings. The average Bonchev–Trinajstić information content (AvgIpc) is 2.53. The minimum Gasteiger partial charge on any atom is -0.481 e. The molecular formula is C19H17F6NO2. The molecule has 0 saturated carbocycles. The number of rotatable bonds is 4. The van der Waals surface area contributed by atoms with Crippen molar-refractivity contribution in [1.29, 1.82) is 0 Å². The fourth-order valence-corrected chi connectivity index (χ4v) is 3.24. The number of aryl methyl sites for hydroxylation is 2. The summed E-state index contributed by atoms with van der Waals surface area (Å²) in [5.41, 5.74) is 1.97. The third kappa shape index (κ3) is 3.84. The molecule has 0 amide bonds. The van der Waals surface area contributed by atoms with Crippen LogP contribution in [0.5, 0.6) is 0 Å². The van der Waals surface area contributed by atoms with Crippen molar-refractivity contribution in [2.45, 2.75) is 39.4 Å². The van der Waals surface area contributed by atoms with Gasteiger partial charge in [0.2, 0.25) is 0 Å². The van der Waals surface area contributed by atoms with Gasteiger partial charge in [0.05, 0.1) is 12.0 Å². The van der Waals surface area contributed by atoms with E-state index in [9.17, 15) is 26.7 Å². The van der Waals surface area contributed by atoms with E-state index in [1.54, 1.807) is 0 Å². The Hall–Kier alpha value is -2.55. The van der Waals surface area contributed by atoms with Gasteiger partial charge in [-0.3, -0.25) is 4.79 Å². The van der Waals surface area contributed by atoms with E-state index < -0.39 is 58.8 Å². The summed E-state index contributed by atoms with van der Waals surface area (Å²) in [6.45, 7) is 4.15. The molecular weight excluding hydrogens is 388 g/mol. The molecule has 0 spiro atoms. The molecule has 0 aliphatic carbocycles. The molecule has 3 nitrogen and oxygen atoms in total. The fraction of sp³-hybridized carbons (Fsp3) is 0.316. The summed E-state index contributed by atoms with van der Waals surface area (Å²) in [5.74, 6) is -5.72. The number of nitrogens with two attached hydrogens (primary N) is 1. The smallest absolute Gasteiger partial charge is 0.419 e. The second kappa shape index (κ2) is 7.46. The normalized spacial score (nSPS) is 12.9. The first-order valence-electron chi connectivity index (χ1n) is 8.10. The number of carboxylic acids is 1. The van der Waals surface area contributed by atoms with Gasteiger partial charge in [0, 0.05) is 17.2 Å². The van der Waals surface area contributed by atoms with Crippen LogP contribution in [0, 0.1) is 38.2 Å². The lowest BCUT2D eigenvalue weighted by molar-refractivity contribution is -0.140. The van der Waals surface area contributed by atoms with Crippen LogP contribution in [-0.2, 0) is 11.0 Å². The molecule has 2 rings (SSSR count). The van der Waals surface area contributed by atoms with E-state index in [1.165, 1.54) is 26.8 Å². The highest BCUT2D eigenvalue weighted by molar-refractivity contribution is 5.74. The molecule has 0 radical (unpaired) electrons.